The second-order valence-corrected chi connectivity index (χ2v) is 5.73. The first-order chi connectivity index (χ1) is 9.78. The summed E-state index contributed by atoms with van der Waals surface area (Å²) in [6.07, 6.45) is 0.0198. The maximum Gasteiger partial charge on any atom is 0.0953 e. The zero-order valence-electron chi connectivity index (χ0n) is 12.2. The van der Waals surface area contributed by atoms with Crippen LogP contribution in [0.5, 0.6) is 0 Å². The minimum absolute atomic E-state index is 0.0198. The third kappa shape index (κ3) is 3.79. The van der Waals surface area contributed by atoms with Crippen LogP contribution in [0.3, 0.4) is 0 Å². The fraction of sp³-hybridized carbons (Fsp3) is 0.500. The summed E-state index contributed by atoms with van der Waals surface area (Å²) in [7, 11) is 0. The third-order valence-corrected chi connectivity index (χ3v) is 4.47. The van der Waals surface area contributed by atoms with Gasteiger partial charge in [0.25, 0.3) is 0 Å². The van der Waals surface area contributed by atoms with Crippen molar-refractivity contribution >= 4 is 21.4 Å². The van der Waals surface area contributed by atoms with Crippen LogP contribution in [0.4, 0.5) is 0 Å². The summed E-state index contributed by atoms with van der Waals surface area (Å²) >= 11 is 1.76. The van der Waals surface area contributed by atoms with Crippen LogP contribution >= 0.6 is 11.3 Å². The van der Waals surface area contributed by atoms with Crippen molar-refractivity contribution in [2.24, 2.45) is 0 Å². The number of likely N-dealkylation sites (N-methyl/N-ethyl adjacent to an activating group) is 1. The molecule has 1 aromatic carbocycles. The molecule has 0 saturated carbocycles. The molecule has 1 atom stereocenters. The molecule has 110 valence electrons. The Morgan fingerprint density at radius 3 is 2.75 bits per heavy atom. The molecule has 3 nitrogen and oxygen atoms in total. The van der Waals surface area contributed by atoms with Crippen LogP contribution in [-0.4, -0.2) is 42.9 Å². The first kappa shape index (κ1) is 15.4. The van der Waals surface area contributed by atoms with Crippen LogP contribution in [-0.2, 0) is 4.74 Å². The highest BCUT2D eigenvalue weighted by molar-refractivity contribution is 7.17. The van der Waals surface area contributed by atoms with E-state index in [4.69, 9.17) is 9.84 Å². The molecule has 0 aliphatic heterocycles. The smallest absolute Gasteiger partial charge is 0.0953 e. The van der Waals surface area contributed by atoms with Gasteiger partial charge < -0.3 is 14.7 Å². The van der Waals surface area contributed by atoms with E-state index in [-0.39, 0.29) is 12.7 Å². The van der Waals surface area contributed by atoms with Gasteiger partial charge in [0.1, 0.15) is 0 Å². The van der Waals surface area contributed by atoms with Crippen LogP contribution in [0.1, 0.15) is 25.5 Å². The number of nitrogens with zero attached hydrogens (tertiary/aromatic N) is 1. The van der Waals surface area contributed by atoms with Gasteiger partial charge in [-0.2, -0.15) is 0 Å². The summed E-state index contributed by atoms with van der Waals surface area (Å²) in [6, 6.07) is 8.65. The van der Waals surface area contributed by atoms with Gasteiger partial charge in [-0.15, -0.1) is 11.3 Å². The molecule has 0 amide bonds. The molecule has 0 saturated heterocycles. The van der Waals surface area contributed by atoms with Gasteiger partial charge in [0.05, 0.1) is 19.3 Å². The topological polar surface area (TPSA) is 32.7 Å². The number of ether oxygens (including phenoxy) is 1. The minimum Gasteiger partial charge on any atom is -0.394 e. The van der Waals surface area contributed by atoms with Crippen LogP contribution < -0.4 is 0 Å². The van der Waals surface area contributed by atoms with Gasteiger partial charge in [-0.25, -0.2) is 0 Å². The normalized spacial score (nSPS) is 13.2. The molecule has 0 aliphatic rings. The third-order valence-electron chi connectivity index (χ3n) is 3.58. The van der Waals surface area contributed by atoms with Gasteiger partial charge in [0.2, 0.25) is 0 Å². The number of hydrogen-bond acceptors (Lipinski definition) is 4. The number of fused-ring (bicyclic) bond motifs is 1. The number of thiophene rings is 1. The molecule has 0 aliphatic carbocycles. The number of aliphatic hydroxyl groups excluding tert-OH is 1. The number of rotatable bonds is 8. The van der Waals surface area contributed by atoms with Gasteiger partial charge in [0.15, 0.2) is 0 Å². The first-order valence-electron chi connectivity index (χ1n) is 7.20. The Bertz CT molecular complexity index is 522. The van der Waals surface area contributed by atoms with Crippen LogP contribution in [0.25, 0.3) is 10.1 Å². The molecular weight excluding hydrogens is 270 g/mol. The largest absolute Gasteiger partial charge is 0.394 e. The molecule has 20 heavy (non-hydrogen) atoms. The van der Waals surface area contributed by atoms with Crippen LogP contribution in [0.2, 0.25) is 0 Å². The standard InChI is InChI=1S/C16H23NO2S/c1-3-17(4-2)12-15(19-9-8-18)13-5-6-16-14(11-13)7-10-20-16/h5-7,10-11,15,18H,3-4,8-9,12H2,1-2H3/t15-/m0/s1. The van der Waals surface area contributed by atoms with Gasteiger partial charge >= 0.3 is 0 Å². The van der Waals surface area contributed by atoms with Crippen molar-refractivity contribution < 1.29 is 9.84 Å². The summed E-state index contributed by atoms with van der Waals surface area (Å²) in [6.45, 7) is 7.65. The average molecular weight is 293 g/mol. The van der Waals surface area contributed by atoms with Crippen molar-refractivity contribution in [1.29, 1.82) is 0 Å². The molecular formula is C16H23NO2S. The molecule has 1 heterocycles. The second kappa shape index (κ2) is 7.74. The van der Waals surface area contributed by atoms with E-state index in [1.54, 1.807) is 11.3 Å². The zero-order chi connectivity index (χ0) is 14.4. The van der Waals surface area contributed by atoms with Gasteiger partial charge in [-0.1, -0.05) is 19.9 Å². The van der Waals surface area contributed by atoms with E-state index in [1.165, 1.54) is 15.6 Å². The monoisotopic (exact) mass is 293 g/mol. The lowest BCUT2D eigenvalue weighted by Crippen LogP contribution is -2.30. The molecule has 1 N–H and O–H groups in total. The Morgan fingerprint density at radius 1 is 1.25 bits per heavy atom. The summed E-state index contributed by atoms with van der Waals surface area (Å²) in [5, 5.41) is 12.4. The number of aliphatic hydroxyl groups is 1. The Labute approximate surface area is 124 Å². The maximum absolute atomic E-state index is 9.01. The molecule has 0 radical (unpaired) electrons. The van der Waals surface area contributed by atoms with Gasteiger partial charge in [-0.05, 0) is 47.6 Å². The zero-order valence-corrected chi connectivity index (χ0v) is 13.0. The molecule has 0 bridgehead atoms. The SMILES string of the molecule is CCN(CC)C[C@H](OCCO)c1ccc2sccc2c1. The van der Waals surface area contributed by atoms with Crippen molar-refractivity contribution in [3.05, 3.63) is 35.2 Å². The predicted octanol–water partition coefficient (Wildman–Crippen LogP) is 3.29. The van der Waals surface area contributed by atoms with E-state index in [9.17, 15) is 0 Å². The van der Waals surface area contributed by atoms with Gasteiger partial charge in [-0.3, -0.25) is 0 Å². The van der Waals surface area contributed by atoms with E-state index in [0.717, 1.165) is 19.6 Å². The molecule has 0 fully saturated rings. The van der Waals surface area contributed by atoms with E-state index in [0.29, 0.717) is 6.61 Å². The Hall–Kier alpha value is -0.940. The number of benzene rings is 1. The van der Waals surface area contributed by atoms with Crippen LogP contribution in [0.15, 0.2) is 29.6 Å². The fourth-order valence-corrected chi connectivity index (χ4v) is 3.12. The predicted molar refractivity (Wildman–Crippen MR) is 85.4 cm³/mol. The lowest BCUT2D eigenvalue weighted by atomic mass is 10.1. The van der Waals surface area contributed by atoms with Crippen molar-refractivity contribution in [2.75, 3.05) is 32.8 Å². The molecule has 0 unspecified atom stereocenters. The fourth-order valence-electron chi connectivity index (χ4n) is 2.35. The van der Waals surface area contributed by atoms with E-state index in [2.05, 4.69) is 48.4 Å². The first-order valence-corrected chi connectivity index (χ1v) is 8.08. The highest BCUT2D eigenvalue weighted by Gasteiger charge is 2.15. The molecule has 4 heteroatoms. The summed E-state index contributed by atoms with van der Waals surface area (Å²) in [5.41, 5.74) is 1.19. The van der Waals surface area contributed by atoms with Crippen molar-refractivity contribution in [3.63, 3.8) is 0 Å². The lowest BCUT2D eigenvalue weighted by Gasteiger charge is -2.25. The Balaban J connectivity index is 2.19. The van der Waals surface area contributed by atoms with Crippen LogP contribution in [0, 0.1) is 0 Å². The minimum atomic E-state index is 0.0198. The average Bonchev–Trinajstić information content (AvgIpc) is 2.95. The molecule has 1 aromatic heterocycles. The van der Waals surface area contributed by atoms with E-state index < -0.39 is 0 Å². The molecule has 2 aromatic rings. The summed E-state index contributed by atoms with van der Waals surface area (Å²) in [4.78, 5) is 2.35. The Morgan fingerprint density at radius 2 is 2.05 bits per heavy atom. The Kier molecular flexibility index (Phi) is 5.98. The summed E-state index contributed by atoms with van der Waals surface area (Å²) < 4.78 is 7.15. The van der Waals surface area contributed by atoms with Crippen molar-refractivity contribution in [2.45, 2.75) is 20.0 Å². The maximum atomic E-state index is 9.01. The highest BCUT2D eigenvalue weighted by Crippen LogP contribution is 2.26. The van der Waals surface area contributed by atoms with Crippen molar-refractivity contribution in [3.8, 4) is 0 Å². The van der Waals surface area contributed by atoms with E-state index in [1.807, 2.05) is 0 Å². The second-order valence-electron chi connectivity index (χ2n) is 4.79. The number of hydrogen-bond donors (Lipinski definition) is 1. The van der Waals surface area contributed by atoms with Gasteiger partial charge in [0, 0.05) is 11.2 Å². The van der Waals surface area contributed by atoms with E-state index >= 15 is 0 Å². The quantitative estimate of drug-likeness (QED) is 0.810. The molecule has 0 spiro atoms. The van der Waals surface area contributed by atoms with Crippen molar-refractivity contribution in [1.82, 2.24) is 4.90 Å². The molecule has 2 rings (SSSR count). The highest BCUT2D eigenvalue weighted by atomic mass is 32.1. The summed E-state index contributed by atoms with van der Waals surface area (Å²) in [5.74, 6) is 0. The lowest BCUT2D eigenvalue weighted by molar-refractivity contribution is 0.00806.